The summed E-state index contributed by atoms with van der Waals surface area (Å²) in [5, 5.41) is 3.43. The zero-order valence-electron chi connectivity index (χ0n) is 13.1. The second-order valence-electron chi connectivity index (χ2n) is 5.60. The molecule has 5 heteroatoms. The Morgan fingerprint density at radius 3 is 2.71 bits per heavy atom. The number of nitrogens with one attached hydrogen (secondary N) is 1. The molecule has 4 nitrogen and oxygen atoms in total. The van der Waals surface area contributed by atoms with Crippen molar-refractivity contribution in [2.24, 2.45) is 0 Å². The molecule has 0 aromatic heterocycles. The minimum Gasteiger partial charge on any atom is -0.383 e. The van der Waals surface area contributed by atoms with Gasteiger partial charge in [0.05, 0.1) is 18.8 Å². The van der Waals surface area contributed by atoms with Crippen LogP contribution in [-0.4, -0.2) is 45.6 Å². The van der Waals surface area contributed by atoms with Crippen molar-refractivity contribution in [3.63, 3.8) is 0 Å². The molecule has 1 fully saturated rings. The van der Waals surface area contributed by atoms with Crippen molar-refractivity contribution >= 4 is 21.6 Å². The van der Waals surface area contributed by atoms with E-state index in [4.69, 9.17) is 9.47 Å². The number of nitrogens with zero attached hydrogens (tertiary/aromatic N) is 1. The zero-order valence-corrected chi connectivity index (χ0v) is 14.6. The van der Waals surface area contributed by atoms with Crippen LogP contribution in [0.4, 0.5) is 5.69 Å². The Balaban J connectivity index is 2.10. The number of anilines is 1. The van der Waals surface area contributed by atoms with Crippen LogP contribution in [0.15, 0.2) is 22.7 Å². The van der Waals surface area contributed by atoms with Crippen LogP contribution < -0.4 is 10.2 Å². The van der Waals surface area contributed by atoms with Crippen molar-refractivity contribution in [3.05, 3.63) is 28.2 Å². The fraction of sp³-hybridized carbons (Fsp3) is 0.625. The molecule has 1 aliphatic rings. The molecule has 0 aliphatic carbocycles. The minimum absolute atomic E-state index is 0.270. The van der Waals surface area contributed by atoms with Crippen molar-refractivity contribution in [3.8, 4) is 0 Å². The molecular weight excluding hydrogens is 332 g/mol. The van der Waals surface area contributed by atoms with E-state index in [0.29, 0.717) is 0 Å². The monoisotopic (exact) mass is 356 g/mol. The summed E-state index contributed by atoms with van der Waals surface area (Å²) in [5.74, 6) is 0. The topological polar surface area (TPSA) is 33.7 Å². The number of hydrogen-bond donors (Lipinski definition) is 1. The third-order valence-corrected chi connectivity index (χ3v) is 4.09. The SMILES string of the molecule is COCCNCc1cc(Br)ccc1N1CC(C)OC(C)C1. The summed E-state index contributed by atoms with van der Waals surface area (Å²) >= 11 is 3.57. The fourth-order valence-electron chi connectivity index (χ4n) is 2.78. The van der Waals surface area contributed by atoms with E-state index in [9.17, 15) is 0 Å². The first-order valence-electron chi connectivity index (χ1n) is 7.48. The van der Waals surface area contributed by atoms with E-state index in [2.05, 4.69) is 58.2 Å². The molecule has 1 aromatic rings. The Morgan fingerprint density at radius 2 is 2.05 bits per heavy atom. The molecule has 1 saturated heterocycles. The molecule has 0 bridgehead atoms. The van der Waals surface area contributed by atoms with Crippen molar-refractivity contribution in [1.29, 1.82) is 0 Å². The molecule has 0 saturated carbocycles. The lowest BCUT2D eigenvalue weighted by atomic mass is 10.1. The Morgan fingerprint density at radius 1 is 1.33 bits per heavy atom. The standard InChI is InChI=1S/C16H25BrN2O2/c1-12-10-19(11-13(2)21-12)16-5-4-15(17)8-14(16)9-18-6-7-20-3/h4-5,8,12-13,18H,6-7,9-11H2,1-3H3. The van der Waals surface area contributed by atoms with Gasteiger partial charge < -0.3 is 19.7 Å². The second kappa shape index (κ2) is 8.13. The van der Waals surface area contributed by atoms with Gasteiger partial charge in [0, 0.05) is 43.4 Å². The molecule has 21 heavy (non-hydrogen) atoms. The normalized spacial score (nSPS) is 22.6. The summed E-state index contributed by atoms with van der Waals surface area (Å²) in [6.07, 6.45) is 0.540. The maximum atomic E-state index is 5.83. The molecule has 0 amide bonds. The Kier molecular flexibility index (Phi) is 6.48. The van der Waals surface area contributed by atoms with Crippen LogP contribution in [-0.2, 0) is 16.0 Å². The number of rotatable bonds is 6. The van der Waals surface area contributed by atoms with Crippen LogP contribution in [0.5, 0.6) is 0 Å². The predicted molar refractivity (Wildman–Crippen MR) is 89.9 cm³/mol. The maximum absolute atomic E-state index is 5.83. The van der Waals surface area contributed by atoms with Gasteiger partial charge in [-0.05, 0) is 37.6 Å². The van der Waals surface area contributed by atoms with E-state index < -0.39 is 0 Å². The summed E-state index contributed by atoms with van der Waals surface area (Å²) in [6, 6.07) is 6.50. The molecule has 0 spiro atoms. The maximum Gasteiger partial charge on any atom is 0.0726 e. The van der Waals surface area contributed by atoms with Crippen LogP contribution >= 0.6 is 15.9 Å². The van der Waals surface area contributed by atoms with Crippen LogP contribution in [0.25, 0.3) is 0 Å². The summed E-state index contributed by atoms with van der Waals surface area (Å²) in [5.41, 5.74) is 2.60. The first kappa shape index (κ1) is 16.7. The number of methoxy groups -OCH3 is 1. The summed E-state index contributed by atoms with van der Waals surface area (Å²) < 4.78 is 12.0. The van der Waals surface area contributed by atoms with Crippen LogP contribution in [0.2, 0.25) is 0 Å². The Labute approximate surface area is 135 Å². The van der Waals surface area contributed by atoms with Crippen molar-refractivity contribution in [1.82, 2.24) is 5.32 Å². The Hall–Kier alpha value is -0.620. The number of morpholine rings is 1. The van der Waals surface area contributed by atoms with Gasteiger partial charge in [0.25, 0.3) is 0 Å². The molecule has 1 aliphatic heterocycles. The van der Waals surface area contributed by atoms with Crippen LogP contribution in [0.1, 0.15) is 19.4 Å². The molecule has 1 aromatic carbocycles. The summed E-state index contributed by atoms with van der Waals surface area (Å²) in [7, 11) is 1.72. The van der Waals surface area contributed by atoms with E-state index in [1.165, 1.54) is 11.3 Å². The molecule has 2 unspecified atom stereocenters. The highest BCUT2D eigenvalue weighted by atomic mass is 79.9. The van der Waals surface area contributed by atoms with Crippen molar-refractivity contribution in [2.45, 2.75) is 32.6 Å². The van der Waals surface area contributed by atoms with Crippen LogP contribution in [0, 0.1) is 0 Å². The number of ether oxygens (including phenoxy) is 2. The largest absolute Gasteiger partial charge is 0.383 e. The van der Waals surface area contributed by atoms with Gasteiger partial charge in [-0.2, -0.15) is 0 Å². The third kappa shape index (κ3) is 4.95. The van der Waals surface area contributed by atoms with E-state index in [0.717, 1.165) is 37.3 Å². The van der Waals surface area contributed by atoms with Crippen LogP contribution in [0.3, 0.4) is 0 Å². The van der Waals surface area contributed by atoms with Crippen molar-refractivity contribution < 1.29 is 9.47 Å². The van der Waals surface area contributed by atoms with E-state index in [1.807, 2.05) is 0 Å². The first-order chi connectivity index (χ1) is 10.1. The quantitative estimate of drug-likeness (QED) is 0.794. The molecule has 118 valence electrons. The molecule has 0 radical (unpaired) electrons. The highest BCUT2D eigenvalue weighted by molar-refractivity contribution is 9.10. The molecule has 1 N–H and O–H groups in total. The van der Waals surface area contributed by atoms with E-state index >= 15 is 0 Å². The lowest BCUT2D eigenvalue weighted by molar-refractivity contribution is -0.00526. The smallest absolute Gasteiger partial charge is 0.0726 e. The number of benzene rings is 1. The molecule has 2 atom stereocenters. The van der Waals surface area contributed by atoms with Gasteiger partial charge in [-0.25, -0.2) is 0 Å². The highest BCUT2D eigenvalue weighted by Crippen LogP contribution is 2.27. The zero-order chi connectivity index (χ0) is 15.2. The lowest BCUT2D eigenvalue weighted by Gasteiger charge is -2.38. The van der Waals surface area contributed by atoms with Gasteiger partial charge >= 0.3 is 0 Å². The average molecular weight is 357 g/mol. The third-order valence-electron chi connectivity index (χ3n) is 3.60. The summed E-state index contributed by atoms with van der Waals surface area (Å²) in [4.78, 5) is 2.43. The van der Waals surface area contributed by atoms with Gasteiger partial charge in [-0.3, -0.25) is 0 Å². The van der Waals surface area contributed by atoms with Gasteiger partial charge in [-0.15, -0.1) is 0 Å². The molecular formula is C16H25BrN2O2. The number of hydrogen-bond acceptors (Lipinski definition) is 4. The first-order valence-corrected chi connectivity index (χ1v) is 8.28. The minimum atomic E-state index is 0.270. The molecule has 1 heterocycles. The lowest BCUT2D eigenvalue weighted by Crippen LogP contribution is -2.46. The highest BCUT2D eigenvalue weighted by Gasteiger charge is 2.23. The van der Waals surface area contributed by atoms with Gasteiger partial charge in [0.2, 0.25) is 0 Å². The van der Waals surface area contributed by atoms with Crippen molar-refractivity contribution in [2.75, 3.05) is 38.3 Å². The second-order valence-corrected chi connectivity index (χ2v) is 6.52. The van der Waals surface area contributed by atoms with E-state index in [-0.39, 0.29) is 12.2 Å². The van der Waals surface area contributed by atoms with Gasteiger partial charge in [0.15, 0.2) is 0 Å². The van der Waals surface area contributed by atoms with E-state index in [1.54, 1.807) is 7.11 Å². The Bertz CT molecular complexity index is 446. The van der Waals surface area contributed by atoms with Gasteiger partial charge in [0.1, 0.15) is 0 Å². The fourth-order valence-corrected chi connectivity index (χ4v) is 3.18. The average Bonchev–Trinajstić information content (AvgIpc) is 2.42. The number of halogens is 1. The van der Waals surface area contributed by atoms with Gasteiger partial charge in [-0.1, -0.05) is 15.9 Å². The molecule has 2 rings (SSSR count). The predicted octanol–water partition coefficient (Wildman–Crippen LogP) is 2.80. The summed E-state index contributed by atoms with van der Waals surface area (Å²) in [6.45, 7) is 8.59.